The molecule has 1 fully saturated rings. The smallest absolute Gasteiger partial charge is 0.451 e. The number of rotatable bonds is 6. The van der Waals surface area contributed by atoms with Crippen molar-refractivity contribution < 1.29 is 32.2 Å². The number of halogens is 3. The highest BCUT2D eigenvalue weighted by atomic mass is 32.1. The number of aromatic nitrogens is 3. The molecule has 2 aromatic heterocycles. The number of hydrogen-bond donors (Lipinski definition) is 1. The topological polar surface area (TPSA) is 107 Å². The Labute approximate surface area is 221 Å². The summed E-state index contributed by atoms with van der Waals surface area (Å²) in [6, 6.07) is 4.47. The summed E-state index contributed by atoms with van der Waals surface area (Å²) in [6.07, 6.45) is -0.159. The number of likely N-dealkylation sites (tertiary alicyclic amines) is 1. The molecule has 202 valence electrons. The molecule has 0 saturated carbocycles. The van der Waals surface area contributed by atoms with E-state index in [2.05, 4.69) is 20.3 Å². The zero-order chi connectivity index (χ0) is 27.4. The van der Waals surface area contributed by atoms with Gasteiger partial charge in [0.05, 0.1) is 13.2 Å². The summed E-state index contributed by atoms with van der Waals surface area (Å²) in [5, 5.41) is 3.49. The summed E-state index contributed by atoms with van der Waals surface area (Å²) in [6.45, 7) is 4.54. The van der Waals surface area contributed by atoms with E-state index in [1.807, 2.05) is 13.0 Å². The molecule has 3 heterocycles. The number of alkyl halides is 3. The number of carbonyl (C=O) groups excluding carboxylic acids is 2. The first kappa shape index (κ1) is 27.3. The Morgan fingerprint density at radius 2 is 1.79 bits per heavy atom. The summed E-state index contributed by atoms with van der Waals surface area (Å²) < 4.78 is 49.3. The van der Waals surface area contributed by atoms with E-state index in [-0.39, 0.29) is 12.2 Å². The summed E-state index contributed by atoms with van der Waals surface area (Å²) in [5.41, 5.74) is 1.33. The van der Waals surface area contributed by atoms with E-state index in [0.717, 1.165) is 17.3 Å². The van der Waals surface area contributed by atoms with Crippen LogP contribution in [0.1, 0.15) is 52.4 Å². The molecule has 0 aliphatic carbocycles. The van der Waals surface area contributed by atoms with Crippen LogP contribution in [-0.2, 0) is 10.9 Å². The number of amides is 2. The van der Waals surface area contributed by atoms with Gasteiger partial charge in [-0.2, -0.15) is 13.2 Å². The van der Waals surface area contributed by atoms with Crippen LogP contribution in [0.4, 0.5) is 18.0 Å². The minimum Gasteiger partial charge on any atom is -0.490 e. The normalized spacial score (nSPS) is 15.2. The Morgan fingerprint density at radius 3 is 2.37 bits per heavy atom. The maximum atomic E-state index is 13.2. The van der Waals surface area contributed by atoms with Gasteiger partial charge in [-0.1, -0.05) is 0 Å². The number of aryl methyl sites for hydroxylation is 1. The van der Waals surface area contributed by atoms with Crippen molar-refractivity contribution in [3.63, 3.8) is 0 Å². The lowest BCUT2D eigenvalue weighted by Gasteiger charge is -2.31. The highest BCUT2D eigenvalue weighted by molar-refractivity contribution is 7.14. The molecule has 0 spiro atoms. The lowest BCUT2D eigenvalue weighted by Crippen LogP contribution is -2.41. The Kier molecular flexibility index (Phi) is 8.14. The third-order valence-corrected chi connectivity index (χ3v) is 6.95. The van der Waals surface area contributed by atoms with Gasteiger partial charge in [0, 0.05) is 66.1 Å². The minimum absolute atomic E-state index is 0.164. The van der Waals surface area contributed by atoms with Crippen molar-refractivity contribution in [1.82, 2.24) is 25.2 Å². The van der Waals surface area contributed by atoms with Crippen LogP contribution >= 0.6 is 11.3 Å². The van der Waals surface area contributed by atoms with E-state index in [1.165, 1.54) is 18.4 Å². The van der Waals surface area contributed by atoms with Crippen LogP contribution in [0.2, 0.25) is 0 Å². The molecule has 13 heteroatoms. The number of hydrogen-bond acceptors (Lipinski definition) is 8. The predicted octanol–water partition coefficient (Wildman–Crippen LogP) is 5.03. The molecular formula is C25H26F3N5O4S. The average Bonchev–Trinajstić information content (AvgIpc) is 3.34. The Bertz CT molecular complexity index is 1290. The molecule has 1 saturated heterocycles. The van der Waals surface area contributed by atoms with Crippen LogP contribution < -0.4 is 10.1 Å². The van der Waals surface area contributed by atoms with Gasteiger partial charge in [-0.05, 0) is 32.0 Å². The van der Waals surface area contributed by atoms with Gasteiger partial charge in [-0.3, -0.25) is 4.79 Å². The molecule has 1 atom stereocenters. The van der Waals surface area contributed by atoms with Crippen molar-refractivity contribution in [3.8, 4) is 16.3 Å². The second kappa shape index (κ2) is 11.3. The van der Waals surface area contributed by atoms with E-state index >= 15 is 0 Å². The number of nitrogens with one attached hydrogen (secondary N) is 1. The Balaban J connectivity index is 1.52. The van der Waals surface area contributed by atoms with Gasteiger partial charge >= 0.3 is 12.3 Å². The van der Waals surface area contributed by atoms with Gasteiger partial charge in [0.1, 0.15) is 16.9 Å². The standard InChI is InChI=1S/C25H26F3N5O4S/c1-14-11-29-22(38-14)17-8-16(9-20(10-17)37-19-4-6-33(7-5-19)24(35)36-3)21(34)32-15(2)18-12-30-23(31-13-18)25(26,27)28/h8-13,15,19H,4-7H2,1-3H3,(H,32,34). The second-order valence-electron chi connectivity index (χ2n) is 8.83. The fourth-order valence-corrected chi connectivity index (χ4v) is 4.71. The number of nitrogens with zero attached hydrogens (tertiary/aromatic N) is 4. The summed E-state index contributed by atoms with van der Waals surface area (Å²) in [7, 11) is 1.34. The van der Waals surface area contributed by atoms with Crippen molar-refractivity contribution in [3.05, 3.63) is 58.6 Å². The lowest BCUT2D eigenvalue weighted by molar-refractivity contribution is -0.145. The van der Waals surface area contributed by atoms with E-state index in [0.29, 0.717) is 53.4 Å². The van der Waals surface area contributed by atoms with E-state index < -0.39 is 23.9 Å². The number of thiazole rings is 1. The first-order valence-corrected chi connectivity index (χ1v) is 12.6. The fraction of sp³-hybridized carbons (Fsp3) is 0.400. The molecule has 0 radical (unpaired) electrons. The quantitative estimate of drug-likeness (QED) is 0.460. The zero-order valence-corrected chi connectivity index (χ0v) is 21.7. The molecule has 0 bridgehead atoms. The molecule has 38 heavy (non-hydrogen) atoms. The van der Waals surface area contributed by atoms with Gasteiger partial charge in [-0.25, -0.2) is 19.7 Å². The number of ether oxygens (including phenoxy) is 2. The highest BCUT2D eigenvalue weighted by Crippen LogP contribution is 2.31. The van der Waals surface area contributed by atoms with E-state index in [1.54, 1.807) is 30.2 Å². The second-order valence-corrected chi connectivity index (χ2v) is 10.1. The van der Waals surface area contributed by atoms with Crippen LogP contribution in [0.3, 0.4) is 0 Å². The predicted molar refractivity (Wildman–Crippen MR) is 133 cm³/mol. The molecule has 2 amide bonds. The van der Waals surface area contributed by atoms with Crippen molar-refractivity contribution in [2.75, 3.05) is 20.2 Å². The summed E-state index contributed by atoms with van der Waals surface area (Å²) in [4.78, 5) is 38.7. The average molecular weight is 550 g/mol. The molecule has 1 N–H and O–H groups in total. The minimum atomic E-state index is -4.65. The van der Waals surface area contributed by atoms with Crippen LogP contribution in [0.25, 0.3) is 10.6 Å². The summed E-state index contributed by atoms with van der Waals surface area (Å²) >= 11 is 1.47. The van der Waals surface area contributed by atoms with Crippen molar-refractivity contribution >= 4 is 23.3 Å². The van der Waals surface area contributed by atoms with Crippen molar-refractivity contribution in [2.45, 2.75) is 45.0 Å². The lowest BCUT2D eigenvalue weighted by atomic mass is 10.1. The molecule has 1 aromatic carbocycles. The maximum absolute atomic E-state index is 13.2. The van der Waals surface area contributed by atoms with Crippen LogP contribution in [0, 0.1) is 6.92 Å². The first-order valence-electron chi connectivity index (χ1n) is 11.8. The van der Waals surface area contributed by atoms with Crippen molar-refractivity contribution in [1.29, 1.82) is 0 Å². The van der Waals surface area contributed by atoms with Crippen LogP contribution in [0.15, 0.2) is 36.8 Å². The number of carbonyl (C=O) groups is 2. The molecular weight excluding hydrogens is 523 g/mol. The molecule has 9 nitrogen and oxygen atoms in total. The molecule has 1 aliphatic rings. The van der Waals surface area contributed by atoms with Crippen LogP contribution in [-0.4, -0.2) is 58.2 Å². The third-order valence-electron chi connectivity index (χ3n) is 5.99. The van der Waals surface area contributed by atoms with Gasteiger partial charge in [0.25, 0.3) is 5.91 Å². The monoisotopic (exact) mass is 549 g/mol. The van der Waals surface area contributed by atoms with Gasteiger partial charge in [-0.15, -0.1) is 11.3 Å². The van der Waals surface area contributed by atoms with Crippen LogP contribution in [0.5, 0.6) is 5.75 Å². The first-order chi connectivity index (χ1) is 18.0. The van der Waals surface area contributed by atoms with E-state index in [4.69, 9.17) is 9.47 Å². The van der Waals surface area contributed by atoms with Gasteiger partial charge in [0.15, 0.2) is 0 Å². The molecule has 3 aromatic rings. The number of piperidine rings is 1. The maximum Gasteiger partial charge on any atom is 0.451 e. The Hall–Kier alpha value is -3.74. The largest absolute Gasteiger partial charge is 0.490 e. The molecule has 1 aliphatic heterocycles. The van der Waals surface area contributed by atoms with Gasteiger partial charge in [0.2, 0.25) is 5.82 Å². The molecule has 4 rings (SSSR count). The zero-order valence-electron chi connectivity index (χ0n) is 20.9. The van der Waals surface area contributed by atoms with Crippen molar-refractivity contribution in [2.24, 2.45) is 0 Å². The van der Waals surface area contributed by atoms with E-state index in [9.17, 15) is 22.8 Å². The third kappa shape index (κ3) is 6.57. The fourth-order valence-electron chi connectivity index (χ4n) is 3.96. The Morgan fingerprint density at radius 1 is 1.11 bits per heavy atom. The highest BCUT2D eigenvalue weighted by Gasteiger charge is 2.34. The van der Waals surface area contributed by atoms with Gasteiger partial charge < -0.3 is 19.7 Å². The molecule has 1 unspecified atom stereocenters. The number of benzene rings is 1. The number of methoxy groups -OCH3 is 1. The SMILES string of the molecule is COC(=O)N1CCC(Oc2cc(C(=O)NC(C)c3cnc(C(F)(F)F)nc3)cc(-c3ncc(C)s3)c2)CC1. The summed E-state index contributed by atoms with van der Waals surface area (Å²) in [5.74, 6) is -1.22.